The van der Waals surface area contributed by atoms with Crippen molar-refractivity contribution in [2.45, 2.75) is 40.5 Å². The average molecular weight is 445 g/mol. The van der Waals surface area contributed by atoms with Crippen LogP contribution in [-0.2, 0) is 0 Å². The summed E-state index contributed by atoms with van der Waals surface area (Å²) in [6, 6.07) is 23.1. The fraction of sp³-hybridized carbons (Fsp3) is 0.226. The highest BCUT2D eigenvalue weighted by Crippen LogP contribution is 2.40. The van der Waals surface area contributed by atoms with E-state index in [0.717, 1.165) is 38.8 Å². The first-order chi connectivity index (χ1) is 16.4. The largest absolute Gasteiger partial charge is 0.455 e. The number of hydrogen-bond acceptors (Lipinski definition) is 3. The second-order valence-electron chi connectivity index (χ2n) is 9.56. The minimum absolute atomic E-state index is 0.422. The zero-order valence-corrected chi connectivity index (χ0v) is 20.3. The van der Waals surface area contributed by atoms with Crippen molar-refractivity contribution in [3.8, 4) is 28.5 Å². The Morgan fingerprint density at radius 2 is 1.68 bits per heavy atom. The lowest BCUT2D eigenvalue weighted by atomic mass is 9.90. The zero-order valence-electron chi connectivity index (χ0n) is 20.3. The maximum Gasteiger partial charge on any atom is 0.146 e. The smallest absolute Gasteiger partial charge is 0.146 e. The third-order valence-electron chi connectivity index (χ3n) is 7.10. The second-order valence-corrected chi connectivity index (χ2v) is 9.56. The molecule has 0 aliphatic heterocycles. The molecular formula is C31H28N2O. The number of benzene rings is 3. The van der Waals surface area contributed by atoms with Gasteiger partial charge in [0.15, 0.2) is 0 Å². The molecule has 0 bridgehead atoms. The van der Waals surface area contributed by atoms with E-state index in [-0.39, 0.29) is 0 Å². The second kappa shape index (κ2) is 8.47. The summed E-state index contributed by atoms with van der Waals surface area (Å²) < 4.78 is 6.48. The van der Waals surface area contributed by atoms with E-state index < -0.39 is 0 Å². The third kappa shape index (κ3) is 3.56. The van der Waals surface area contributed by atoms with Crippen LogP contribution in [0.1, 0.15) is 48.9 Å². The molecule has 5 rings (SSSR count). The molecule has 34 heavy (non-hydrogen) atoms. The highest BCUT2D eigenvalue weighted by Gasteiger charge is 2.19. The van der Waals surface area contributed by atoms with Crippen LogP contribution in [0.4, 0.5) is 0 Å². The lowest BCUT2D eigenvalue weighted by Gasteiger charge is -2.16. The van der Waals surface area contributed by atoms with Gasteiger partial charge in [0.05, 0.1) is 17.3 Å². The van der Waals surface area contributed by atoms with Crippen LogP contribution < -0.4 is 0 Å². The molecule has 5 aromatic rings. The van der Waals surface area contributed by atoms with Gasteiger partial charge in [-0.15, -0.1) is 0 Å². The molecule has 168 valence electrons. The fourth-order valence-electron chi connectivity index (χ4n) is 4.86. The highest BCUT2D eigenvalue weighted by atomic mass is 16.3. The monoisotopic (exact) mass is 444 g/mol. The van der Waals surface area contributed by atoms with E-state index in [0.29, 0.717) is 17.4 Å². The number of hydrogen-bond donors (Lipinski definition) is 0. The van der Waals surface area contributed by atoms with Crippen molar-refractivity contribution in [3.63, 3.8) is 0 Å². The Kier molecular flexibility index (Phi) is 5.46. The number of pyridine rings is 1. The minimum atomic E-state index is 0.422. The van der Waals surface area contributed by atoms with Crippen molar-refractivity contribution < 1.29 is 4.42 Å². The lowest BCUT2D eigenvalue weighted by molar-refractivity contribution is 0.535. The standard InChI is InChI=1S/C31H28N2O/c1-18(2)21(5)22-13-14-33-27(15-22)25-11-10-24(17-32)30-26-12-9-23(16-28(26)34-31(25)30)29-19(3)7-6-8-20(29)4/h6-16,18,21H,1-5H3. The summed E-state index contributed by atoms with van der Waals surface area (Å²) >= 11 is 0. The van der Waals surface area contributed by atoms with E-state index in [1.807, 2.05) is 18.3 Å². The summed E-state index contributed by atoms with van der Waals surface area (Å²) in [5.41, 5.74) is 9.96. The Bertz CT molecular complexity index is 1560. The van der Waals surface area contributed by atoms with Crippen LogP contribution in [-0.4, -0.2) is 4.98 Å². The van der Waals surface area contributed by atoms with Crippen molar-refractivity contribution in [1.82, 2.24) is 4.98 Å². The van der Waals surface area contributed by atoms with Crippen LogP contribution in [0.3, 0.4) is 0 Å². The predicted octanol–water partition coefficient (Wildman–Crippen LogP) is 8.56. The van der Waals surface area contributed by atoms with Crippen molar-refractivity contribution in [2.24, 2.45) is 5.92 Å². The van der Waals surface area contributed by atoms with Gasteiger partial charge in [0.25, 0.3) is 0 Å². The molecule has 0 amide bonds. The lowest BCUT2D eigenvalue weighted by Crippen LogP contribution is -2.02. The van der Waals surface area contributed by atoms with Crippen LogP contribution in [0.2, 0.25) is 0 Å². The molecule has 0 fully saturated rings. The van der Waals surface area contributed by atoms with Crippen LogP contribution in [0.5, 0.6) is 0 Å². The van der Waals surface area contributed by atoms with Crippen LogP contribution in [0, 0.1) is 31.1 Å². The molecule has 0 saturated heterocycles. The number of furan rings is 1. The molecule has 0 spiro atoms. The molecule has 0 N–H and O–H groups in total. The Labute approximate surface area is 200 Å². The molecule has 2 aromatic heterocycles. The van der Waals surface area contributed by atoms with Crippen LogP contribution in [0.15, 0.2) is 71.3 Å². The summed E-state index contributed by atoms with van der Waals surface area (Å²) in [6.07, 6.45) is 1.87. The van der Waals surface area contributed by atoms with Crippen LogP contribution >= 0.6 is 0 Å². The zero-order chi connectivity index (χ0) is 24.0. The van der Waals surface area contributed by atoms with Gasteiger partial charge in [-0.25, -0.2) is 0 Å². The summed E-state index contributed by atoms with van der Waals surface area (Å²) in [5.74, 6) is 0.956. The maximum atomic E-state index is 9.85. The van der Waals surface area contributed by atoms with Gasteiger partial charge < -0.3 is 4.42 Å². The molecule has 0 aliphatic carbocycles. The van der Waals surface area contributed by atoms with Crippen molar-refractivity contribution in [2.75, 3.05) is 0 Å². The quantitative estimate of drug-likeness (QED) is 0.279. The van der Waals surface area contributed by atoms with Gasteiger partial charge in [0, 0.05) is 22.5 Å². The molecule has 0 saturated carbocycles. The normalized spacial score (nSPS) is 12.4. The molecule has 3 nitrogen and oxygen atoms in total. The summed E-state index contributed by atoms with van der Waals surface area (Å²) in [7, 11) is 0. The molecule has 2 heterocycles. The van der Waals surface area contributed by atoms with Gasteiger partial charge >= 0.3 is 0 Å². The topological polar surface area (TPSA) is 49.8 Å². The maximum absolute atomic E-state index is 9.85. The number of rotatable bonds is 4. The van der Waals surface area contributed by atoms with Gasteiger partial charge in [0.2, 0.25) is 0 Å². The van der Waals surface area contributed by atoms with Gasteiger partial charge in [-0.1, -0.05) is 45.0 Å². The first-order valence-corrected chi connectivity index (χ1v) is 11.8. The highest BCUT2D eigenvalue weighted by molar-refractivity contribution is 6.12. The number of fused-ring (bicyclic) bond motifs is 3. The SMILES string of the molecule is Cc1cccc(C)c1-c1ccc2c(c1)oc1c(-c3cc(C(C)C(C)C)ccn3)ccc(C#N)c12. The summed E-state index contributed by atoms with van der Waals surface area (Å²) in [5, 5.41) is 11.7. The van der Waals surface area contributed by atoms with E-state index in [9.17, 15) is 5.26 Å². The van der Waals surface area contributed by atoms with Crippen molar-refractivity contribution in [3.05, 3.63) is 89.1 Å². The average Bonchev–Trinajstić information content (AvgIpc) is 3.22. The predicted molar refractivity (Wildman–Crippen MR) is 140 cm³/mol. The van der Waals surface area contributed by atoms with E-state index in [1.165, 1.54) is 22.3 Å². The summed E-state index contributed by atoms with van der Waals surface area (Å²) in [4.78, 5) is 4.67. The minimum Gasteiger partial charge on any atom is -0.455 e. The summed E-state index contributed by atoms with van der Waals surface area (Å²) in [6.45, 7) is 11.0. The van der Waals surface area contributed by atoms with Gasteiger partial charge in [-0.2, -0.15) is 5.26 Å². The molecule has 3 heteroatoms. The number of aromatic nitrogens is 1. The number of aryl methyl sites for hydroxylation is 2. The molecule has 1 unspecified atom stereocenters. The Balaban J connectivity index is 1.75. The Morgan fingerprint density at radius 1 is 0.912 bits per heavy atom. The van der Waals surface area contributed by atoms with Crippen LogP contribution in [0.25, 0.3) is 44.3 Å². The number of nitriles is 1. The van der Waals surface area contributed by atoms with E-state index in [2.05, 4.69) is 94.2 Å². The molecule has 0 radical (unpaired) electrons. The Hall–Kier alpha value is -3.90. The van der Waals surface area contributed by atoms with E-state index in [4.69, 9.17) is 4.42 Å². The Morgan fingerprint density at radius 3 is 2.38 bits per heavy atom. The first-order valence-electron chi connectivity index (χ1n) is 11.8. The van der Waals surface area contributed by atoms with Crippen molar-refractivity contribution >= 4 is 21.9 Å². The molecule has 1 atom stereocenters. The molecular weight excluding hydrogens is 416 g/mol. The molecule has 3 aromatic carbocycles. The van der Waals surface area contributed by atoms with E-state index in [1.54, 1.807) is 0 Å². The van der Waals surface area contributed by atoms with Gasteiger partial charge in [-0.3, -0.25) is 4.98 Å². The first kappa shape index (κ1) is 21.9. The molecule has 0 aliphatic rings. The third-order valence-corrected chi connectivity index (χ3v) is 7.10. The van der Waals surface area contributed by atoms with E-state index >= 15 is 0 Å². The van der Waals surface area contributed by atoms with Gasteiger partial charge in [-0.05, 0) is 89.9 Å². The van der Waals surface area contributed by atoms with Gasteiger partial charge in [0.1, 0.15) is 11.2 Å². The number of nitrogens with zero attached hydrogens (tertiary/aromatic N) is 2. The fourth-order valence-corrected chi connectivity index (χ4v) is 4.86. The van der Waals surface area contributed by atoms with Crippen molar-refractivity contribution in [1.29, 1.82) is 5.26 Å².